The van der Waals surface area contributed by atoms with Crippen LogP contribution in [-0.4, -0.2) is 23.2 Å². The minimum absolute atomic E-state index is 0.624. The number of carboxylic acid groups (broad SMARTS) is 1. The second-order valence-electron chi connectivity index (χ2n) is 4.10. The molecule has 0 aromatic carbocycles. The molecule has 0 heterocycles. The fourth-order valence-corrected chi connectivity index (χ4v) is 2.06. The zero-order chi connectivity index (χ0) is 9.90. The minimum Gasteiger partial charge on any atom is -0.480 e. The third kappa shape index (κ3) is 2.21. The largest absolute Gasteiger partial charge is 0.480 e. The summed E-state index contributed by atoms with van der Waals surface area (Å²) in [5, 5.41) is 12.3. The molecule has 1 saturated carbocycles. The zero-order valence-corrected chi connectivity index (χ0v) is 8.47. The topological polar surface area (TPSA) is 49.3 Å². The molecule has 1 aliphatic rings. The molecule has 2 N–H and O–H groups in total. The van der Waals surface area contributed by atoms with Gasteiger partial charge in [0.15, 0.2) is 0 Å². The molecule has 0 unspecified atom stereocenters. The van der Waals surface area contributed by atoms with E-state index in [-0.39, 0.29) is 0 Å². The van der Waals surface area contributed by atoms with Crippen molar-refractivity contribution in [3.05, 3.63) is 0 Å². The summed E-state index contributed by atoms with van der Waals surface area (Å²) in [5.41, 5.74) is -0.624. The van der Waals surface area contributed by atoms with Crippen LogP contribution >= 0.6 is 0 Å². The van der Waals surface area contributed by atoms with E-state index < -0.39 is 11.5 Å². The van der Waals surface area contributed by atoms with Crippen LogP contribution in [0.15, 0.2) is 0 Å². The highest BCUT2D eigenvalue weighted by molar-refractivity contribution is 5.78. The van der Waals surface area contributed by atoms with E-state index in [0.717, 1.165) is 32.2 Å². The predicted molar refractivity (Wildman–Crippen MR) is 51.7 cm³/mol. The average molecular weight is 185 g/mol. The highest BCUT2D eigenvalue weighted by atomic mass is 16.4. The van der Waals surface area contributed by atoms with Gasteiger partial charge in [-0.3, -0.25) is 4.79 Å². The van der Waals surface area contributed by atoms with E-state index in [4.69, 9.17) is 5.11 Å². The van der Waals surface area contributed by atoms with Gasteiger partial charge >= 0.3 is 5.97 Å². The second kappa shape index (κ2) is 4.09. The third-order valence-electron chi connectivity index (χ3n) is 3.05. The molecule has 0 aliphatic heterocycles. The molecule has 13 heavy (non-hydrogen) atoms. The fourth-order valence-electron chi connectivity index (χ4n) is 2.06. The Labute approximate surface area is 79.5 Å². The van der Waals surface area contributed by atoms with Gasteiger partial charge in [-0.1, -0.05) is 13.8 Å². The first-order chi connectivity index (χ1) is 6.10. The molecule has 0 radical (unpaired) electrons. The van der Waals surface area contributed by atoms with Crippen LogP contribution < -0.4 is 5.32 Å². The Morgan fingerprint density at radius 3 is 2.46 bits per heavy atom. The first kappa shape index (κ1) is 10.5. The van der Waals surface area contributed by atoms with E-state index in [1.165, 1.54) is 0 Å². The Kier molecular flexibility index (Phi) is 3.31. The van der Waals surface area contributed by atoms with Gasteiger partial charge in [-0.2, -0.15) is 0 Å². The fraction of sp³-hybridized carbons (Fsp3) is 0.900. The first-order valence-electron chi connectivity index (χ1n) is 5.09. The monoisotopic (exact) mass is 185 g/mol. The molecule has 0 spiro atoms. The highest BCUT2D eigenvalue weighted by Gasteiger charge is 2.40. The average Bonchev–Trinajstić information content (AvgIpc) is 2.09. The van der Waals surface area contributed by atoms with Crippen LogP contribution in [0.25, 0.3) is 0 Å². The van der Waals surface area contributed by atoms with E-state index in [1.54, 1.807) is 0 Å². The van der Waals surface area contributed by atoms with Crippen molar-refractivity contribution in [1.82, 2.24) is 5.32 Å². The van der Waals surface area contributed by atoms with Gasteiger partial charge in [-0.25, -0.2) is 0 Å². The van der Waals surface area contributed by atoms with Gasteiger partial charge in [-0.15, -0.1) is 0 Å². The van der Waals surface area contributed by atoms with Crippen molar-refractivity contribution in [2.24, 2.45) is 5.92 Å². The smallest absolute Gasteiger partial charge is 0.323 e. The number of carbonyl (C=O) groups is 1. The molecule has 3 nitrogen and oxygen atoms in total. The maximum atomic E-state index is 11.1. The normalized spacial score (nSPS) is 34.5. The van der Waals surface area contributed by atoms with Crippen molar-refractivity contribution in [2.45, 2.75) is 45.1 Å². The van der Waals surface area contributed by atoms with Crippen molar-refractivity contribution >= 4 is 5.97 Å². The van der Waals surface area contributed by atoms with Crippen molar-refractivity contribution in [3.8, 4) is 0 Å². The SMILES string of the molecule is CCNC1(C(=O)O)CCC(C)CC1. The van der Waals surface area contributed by atoms with Crippen LogP contribution in [0.2, 0.25) is 0 Å². The lowest BCUT2D eigenvalue weighted by Crippen LogP contribution is -2.53. The molecule has 1 aliphatic carbocycles. The molecule has 0 amide bonds. The van der Waals surface area contributed by atoms with Gasteiger partial charge in [-0.05, 0) is 38.1 Å². The molecule has 1 rings (SSSR count). The molecule has 0 saturated heterocycles. The number of likely N-dealkylation sites (N-methyl/N-ethyl adjacent to an activating group) is 1. The maximum absolute atomic E-state index is 11.1. The van der Waals surface area contributed by atoms with Crippen LogP contribution in [0.3, 0.4) is 0 Å². The van der Waals surface area contributed by atoms with Gasteiger partial charge in [0, 0.05) is 0 Å². The Hall–Kier alpha value is -0.570. The number of rotatable bonds is 3. The summed E-state index contributed by atoms with van der Waals surface area (Å²) < 4.78 is 0. The van der Waals surface area contributed by atoms with E-state index in [9.17, 15) is 4.79 Å². The summed E-state index contributed by atoms with van der Waals surface area (Å²) in [5.74, 6) is 0.00683. The third-order valence-corrected chi connectivity index (χ3v) is 3.05. The molecule has 0 bridgehead atoms. The molecule has 0 aromatic rings. The second-order valence-corrected chi connectivity index (χ2v) is 4.10. The Morgan fingerprint density at radius 1 is 1.54 bits per heavy atom. The zero-order valence-electron chi connectivity index (χ0n) is 8.47. The summed E-state index contributed by atoms with van der Waals surface area (Å²) >= 11 is 0. The van der Waals surface area contributed by atoms with Gasteiger partial charge in [0.1, 0.15) is 5.54 Å². The van der Waals surface area contributed by atoms with Crippen molar-refractivity contribution < 1.29 is 9.90 Å². The summed E-state index contributed by atoms with van der Waals surface area (Å²) in [7, 11) is 0. The van der Waals surface area contributed by atoms with Crippen LogP contribution in [-0.2, 0) is 4.79 Å². The van der Waals surface area contributed by atoms with Gasteiger partial charge in [0.2, 0.25) is 0 Å². The highest BCUT2D eigenvalue weighted by Crippen LogP contribution is 2.31. The molecule has 0 atom stereocenters. The van der Waals surface area contributed by atoms with Crippen LogP contribution in [0.4, 0.5) is 0 Å². The van der Waals surface area contributed by atoms with Crippen molar-refractivity contribution in [3.63, 3.8) is 0 Å². The Bertz CT molecular complexity index is 183. The number of aliphatic carboxylic acids is 1. The standard InChI is InChI=1S/C10H19NO2/c1-3-11-10(9(12)13)6-4-8(2)5-7-10/h8,11H,3-7H2,1-2H3,(H,12,13). The molecule has 3 heteroatoms. The van der Waals surface area contributed by atoms with Crippen LogP contribution in [0.5, 0.6) is 0 Å². The number of carboxylic acids is 1. The summed E-state index contributed by atoms with van der Waals surface area (Å²) in [6, 6.07) is 0. The van der Waals surface area contributed by atoms with Crippen molar-refractivity contribution in [1.29, 1.82) is 0 Å². The number of hydrogen-bond acceptors (Lipinski definition) is 2. The summed E-state index contributed by atoms with van der Waals surface area (Å²) in [6.45, 7) is 4.89. The molecular weight excluding hydrogens is 166 g/mol. The lowest BCUT2D eigenvalue weighted by Gasteiger charge is -2.36. The van der Waals surface area contributed by atoms with E-state index >= 15 is 0 Å². The van der Waals surface area contributed by atoms with Crippen LogP contribution in [0.1, 0.15) is 39.5 Å². The maximum Gasteiger partial charge on any atom is 0.323 e. The van der Waals surface area contributed by atoms with Gasteiger partial charge < -0.3 is 10.4 Å². The summed E-state index contributed by atoms with van der Waals surface area (Å²) in [4.78, 5) is 11.1. The first-order valence-corrected chi connectivity index (χ1v) is 5.09. The van der Waals surface area contributed by atoms with Crippen molar-refractivity contribution in [2.75, 3.05) is 6.54 Å². The Balaban J connectivity index is 2.63. The van der Waals surface area contributed by atoms with E-state index in [1.807, 2.05) is 6.92 Å². The lowest BCUT2D eigenvalue weighted by molar-refractivity contribution is -0.146. The Morgan fingerprint density at radius 2 is 2.08 bits per heavy atom. The number of nitrogens with one attached hydrogen (secondary N) is 1. The predicted octanol–water partition coefficient (Wildman–Crippen LogP) is 1.63. The van der Waals surface area contributed by atoms with Gasteiger partial charge in [0.25, 0.3) is 0 Å². The van der Waals surface area contributed by atoms with Gasteiger partial charge in [0.05, 0.1) is 0 Å². The van der Waals surface area contributed by atoms with E-state index in [2.05, 4.69) is 12.2 Å². The number of hydrogen-bond donors (Lipinski definition) is 2. The van der Waals surface area contributed by atoms with E-state index in [0.29, 0.717) is 5.92 Å². The quantitative estimate of drug-likeness (QED) is 0.702. The van der Waals surface area contributed by atoms with Crippen LogP contribution in [0, 0.1) is 5.92 Å². The summed E-state index contributed by atoms with van der Waals surface area (Å²) in [6.07, 6.45) is 3.60. The molecule has 76 valence electrons. The lowest BCUT2D eigenvalue weighted by atomic mass is 9.77. The molecular formula is C10H19NO2. The molecule has 0 aromatic heterocycles. The molecule has 1 fully saturated rings. The minimum atomic E-state index is -0.679.